The molecule has 5 nitrogen and oxygen atoms in total. The molecule has 0 saturated carbocycles. The van der Waals surface area contributed by atoms with Gasteiger partial charge >= 0.3 is 11.9 Å². The number of nitrogens with zero attached hydrogens (tertiary/aromatic N) is 1. The number of ether oxygens (including phenoxy) is 2. The van der Waals surface area contributed by atoms with Crippen LogP contribution in [0.25, 0.3) is 0 Å². The second-order valence-electron chi connectivity index (χ2n) is 3.83. The molecule has 0 fully saturated rings. The van der Waals surface area contributed by atoms with E-state index >= 15 is 0 Å². The third kappa shape index (κ3) is 6.33. The molecule has 0 aliphatic heterocycles. The Morgan fingerprint density at radius 2 is 1.71 bits per heavy atom. The van der Waals surface area contributed by atoms with Crippen LogP contribution in [0.3, 0.4) is 0 Å². The van der Waals surface area contributed by atoms with Crippen LogP contribution in [0.5, 0.6) is 5.75 Å². The van der Waals surface area contributed by atoms with E-state index in [9.17, 15) is 9.59 Å². The number of para-hydroxylation sites is 1. The number of rotatable bonds is 3. The lowest BCUT2D eigenvalue weighted by molar-refractivity contribution is -0.131. The Balaban J connectivity index is 0.000000304. The first-order valence-electron chi connectivity index (χ1n) is 6.44. The highest BCUT2D eigenvalue weighted by Gasteiger charge is 2.13. The van der Waals surface area contributed by atoms with Crippen LogP contribution in [0.2, 0.25) is 0 Å². The van der Waals surface area contributed by atoms with E-state index in [2.05, 4.69) is 4.98 Å². The summed E-state index contributed by atoms with van der Waals surface area (Å²) in [5, 5.41) is 0. The molecule has 0 aliphatic rings. The number of aromatic nitrogens is 1. The maximum atomic E-state index is 11.4. The number of hydrogen-bond donors (Lipinski definition) is 0. The van der Waals surface area contributed by atoms with Gasteiger partial charge in [0.15, 0.2) is 0 Å². The first-order valence-corrected chi connectivity index (χ1v) is 6.44. The van der Waals surface area contributed by atoms with Crippen LogP contribution in [0.4, 0.5) is 0 Å². The van der Waals surface area contributed by atoms with Crippen LogP contribution in [-0.4, -0.2) is 23.5 Å². The van der Waals surface area contributed by atoms with Gasteiger partial charge in [-0.1, -0.05) is 18.2 Å². The zero-order valence-corrected chi connectivity index (χ0v) is 12.0. The molecule has 0 saturated heterocycles. The van der Waals surface area contributed by atoms with Crippen molar-refractivity contribution in [3.63, 3.8) is 0 Å². The maximum Gasteiger partial charge on any atom is 0.341 e. The Bertz CT molecular complexity index is 543. The summed E-state index contributed by atoms with van der Waals surface area (Å²) in [7, 11) is 0. The molecule has 110 valence electrons. The topological polar surface area (TPSA) is 65.5 Å². The summed E-state index contributed by atoms with van der Waals surface area (Å²) >= 11 is 0. The van der Waals surface area contributed by atoms with Gasteiger partial charge in [-0.15, -0.1) is 0 Å². The van der Waals surface area contributed by atoms with Gasteiger partial charge in [-0.2, -0.15) is 0 Å². The first-order chi connectivity index (χ1) is 10.1. The molecule has 5 heteroatoms. The van der Waals surface area contributed by atoms with Crippen LogP contribution in [0.1, 0.15) is 24.2 Å². The highest BCUT2D eigenvalue weighted by Crippen LogP contribution is 2.18. The summed E-state index contributed by atoms with van der Waals surface area (Å²) in [6.07, 6.45) is 3.50. The molecule has 0 atom stereocenters. The smallest absolute Gasteiger partial charge is 0.341 e. The van der Waals surface area contributed by atoms with E-state index in [0.29, 0.717) is 0 Å². The van der Waals surface area contributed by atoms with Gasteiger partial charge < -0.3 is 9.47 Å². The van der Waals surface area contributed by atoms with Crippen LogP contribution in [0, 0.1) is 0 Å². The summed E-state index contributed by atoms with van der Waals surface area (Å²) in [5.41, 5.74) is 0.259. The number of carbonyl (C=O) groups excluding carboxylic acids is 2. The van der Waals surface area contributed by atoms with Gasteiger partial charge in [0.25, 0.3) is 0 Å². The van der Waals surface area contributed by atoms with Crippen molar-refractivity contribution in [3.8, 4) is 5.75 Å². The molecule has 1 aromatic heterocycles. The van der Waals surface area contributed by atoms with Gasteiger partial charge in [-0.05, 0) is 31.2 Å². The fraction of sp³-hybridized carbons (Fsp3) is 0.188. The molecule has 2 rings (SSSR count). The minimum atomic E-state index is -0.491. The van der Waals surface area contributed by atoms with Crippen molar-refractivity contribution >= 4 is 11.9 Å². The Morgan fingerprint density at radius 3 is 2.19 bits per heavy atom. The largest absolute Gasteiger partial charge is 0.462 e. The second-order valence-corrected chi connectivity index (χ2v) is 3.83. The molecule has 1 aromatic carbocycles. The molecule has 0 amide bonds. The molecular weight excluding hydrogens is 270 g/mol. The normalized spacial score (nSPS) is 9.05. The van der Waals surface area contributed by atoms with E-state index in [1.807, 2.05) is 18.2 Å². The Kier molecular flexibility index (Phi) is 7.21. The second kappa shape index (κ2) is 9.25. The van der Waals surface area contributed by atoms with Crippen molar-refractivity contribution in [3.05, 3.63) is 60.4 Å². The number of esters is 2. The molecular formula is C16H17NO4. The van der Waals surface area contributed by atoms with Crippen molar-refractivity contribution in [1.82, 2.24) is 4.98 Å². The van der Waals surface area contributed by atoms with Gasteiger partial charge in [0.2, 0.25) is 0 Å². The van der Waals surface area contributed by atoms with Crippen molar-refractivity contribution in [2.75, 3.05) is 6.61 Å². The number of carbonyl (C=O) groups is 2. The molecule has 0 N–H and O–H groups in total. The van der Waals surface area contributed by atoms with Crippen molar-refractivity contribution in [2.45, 2.75) is 13.8 Å². The fourth-order valence-corrected chi connectivity index (χ4v) is 1.40. The molecule has 0 unspecified atom stereocenters. The number of hydrogen-bond acceptors (Lipinski definition) is 5. The molecule has 21 heavy (non-hydrogen) atoms. The average molecular weight is 287 g/mol. The third-order valence-corrected chi connectivity index (χ3v) is 2.20. The Hall–Kier alpha value is -2.69. The Labute approximate surface area is 123 Å². The van der Waals surface area contributed by atoms with Crippen LogP contribution in [-0.2, 0) is 9.53 Å². The molecule has 1 heterocycles. The summed E-state index contributed by atoms with van der Waals surface area (Å²) in [4.78, 5) is 26.0. The third-order valence-electron chi connectivity index (χ3n) is 2.20. The molecule has 0 spiro atoms. The monoisotopic (exact) mass is 287 g/mol. The highest BCUT2D eigenvalue weighted by molar-refractivity contribution is 5.93. The lowest BCUT2D eigenvalue weighted by atomic mass is 10.2. The van der Waals surface area contributed by atoms with E-state index in [0.717, 1.165) is 0 Å². The standard InChI is InChI=1S/C11H12O4.C5H5N/c1-3-14-11(13)9-6-4-5-7-10(9)15-8(2)12;1-2-4-6-5-3-1/h4-7H,3H2,1-2H3;1-5H. The summed E-state index contributed by atoms with van der Waals surface area (Å²) in [6, 6.07) is 12.2. The number of benzene rings is 1. The predicted octanol–water partition coefficient (Wildman–Crippen LogP) is 2.87. The molecule has 0 bridgehead atoms. The van der Waals surface area contributed by atoms with Gasteiger partial charge in [0, 0.05) is 19.3 Å². The van der Waals surface area contributed by atoms with Crippen LogP contribution >= 0.6 is 0 Å². The van der Waals surface area contributed by atoms with E-state index in [1.165, 1.54) is 6.92 Å². The van der Waals surface area contributed by atoms with Gasteiger partial charge in [0.1, 0.15) is 11.3 Å². The van der Waals surface area contributed by atoms with E-state index in [-0.39, 0.29) is 17.9 Å². The zero-order valence-electron chi connectivity index (χ0n) is 12.0. The summed E-state index contributed by atoms with van der Waals surface area (Å²) < 4.78 is 9.69. The quantitative estimate of drug-likeness (QED) is 0.641. The average Bonchev–Trinajstić information content (AvgIpc) is 2.50. The van der Waals surface area contributed by atoms with Gasteiger partial charge in [-0.25, -0.2) is 4.79 Å². The zero-order chi connectivity index (χ0) is 15.5. The minimum absolute atomic E-state index is 0.225. The minimum Gasteiger partial charge on any atom is -0.462 e. The van der Waals surface area contributed by atoms with Gasteiger partial charge in [0.05, 0.1) is 6.61 Å². The summed E-state index contributed by atoms with van der Waals surface area (Å²) in [6.45, 7) is 3.28. The van der Waals surface area contributed by atoms with Crippen LogP contribution in [0.15, 0.2) is 54.9 Å². The van der Waals surface area contributed by atoms with E-state index in [1.54, 1.807) is 43.6 Å². The van der Waals surface area contributed by atoms with Crippen molar-refractivity contribution < 1.29 is 19.1 Å². The SMILES string of the molecule is CCOC(=O)c1ccccc1OC(C)=O.c1ccncc1. The maximum absolute atomic E-state index is 11.4. The first kappa shape index (κ1) is 16.4. The fourth-order valence-electron chi connectivity index (χ4n) is 1.40. The van der Waals surface area contributed by atoms with Crippen molar-refractivity contribution in [1.29, 1.82) is 0 Å². The predicted molar refractivity (Wildman–Crippen MR) is 77.9 cm³/mol. The molecule has 0 aliphatic carbocycles. The summed E-state index contributed by atoms with van der Waals surface area (Å²) in [5.74, 6) is -0.732. The molecule has 0 radical (unpaired) electrons. The lowest BCUT2D eigenvalue weighted by Gasteiger charge is -2.07. The van der Waals surface area contributed by atoms with Crippen LogP contribution < -0.4 is 4.74 Å². The lowest BCUT2D eigenvalue weighted by Crippen LogP contribution is -2.10. The van der Waals surface area contributed by atoms with Gasteiger partial charge in [-0.3, -0.25) is 9.78 Å². The van der Waals surface area contributed by atoms with E-state index < -0.39 is 11.9 Å². The number of pyridine rings is 1. The van der Waals surface area contributed by atoms with E-state index in [4.69, 9.17) is 9.47 Å². The Morgan fingerprint density at radius 1 is 1.05 bits per heavy atom. The highest BCUT2D eigenvalue weighted by atomic mass is 16.5. The molecule has 2 aromatic rings. The van der Waals surface area contributed by atoms with Crippen molar-refractivity contribution in [2.24, 2.45) is 0 Å².